The van der Waals surface area contributed by atoms with E-state index in [1.807, 2.05) is 12.1 Å². The predicted octanol–water partition coefficient (Wildman–Crippen LogP) is 4.04. The quantitative estimate of drug-likeness (QED) is 0.382. The maximum atomic E-state index is 12.9. The average Bonchev–Trinajstić information content (AvgIpc) is 3.85. The summed E-state index contributed by atoms with van der Waals surface area (Å²) in [4.78, 5) is 19.5. The van der Waals surface area contributed by atoms with Gasteiger partial charge in [-0.1, -0.05) is 35.9 Å². The van der Waals surface area contributed by atoms with Crippen molar-refractivity contribution in [3.8, 4) is 12.1 Å². The molecule has 0 unspecified atom stereocenters. The van der Waals surface area contributed by atoms with Gasteiger partial charge in [0, 0.05) is 81.6 Å². The molecule has 2 saturated heterocycles. The molecule has 3 aromatic rings. The van der Waals surface area contributed by atoms with Crippen LogP contribution in [0.3, 0.4) is 0 Å². The zero-order valence-corrected chi connectivity index (χ0v) is 25.9. The van der Waals surface area contributed by atoms with E-state index in [-0.39, 0.29) is 18.3 Å². The minimum atomic E-state index is -0.290. The Labute approximate surface area is 263 Å². The number of hydrogen-bond acceptors (Lipinski definition) is 9. The molecule has 3 fully saturated rings. The normalized spacial score (nSPS) is 22.1. The van der Waals surface area contributed by atoms with Crippen molar-refractivity contribution in [2.24, 2.45) is 0 Å². The molecule has 7 rings (SSSR count). The molecule has 0 spiro atoms. The van der Waals surface area contributed by atoms with Crippen LogP contribution in [-0.4, -0.2) is 104 Å². The second-order valence-electron chi connectivity index (χ2n) is 12.5. The van der Waals surface area contributed by atoms with Crippen molar-refractivity contribution in [1.82, 2.24) is 25.1 Å². The predicted molar refractivity (Wildman–Crippen MR) is 171 cm³/mol. The van der Waals surface area contributed by atoms with Crippen LogP contribution >= 0.6 is 11.6 Å². The summed E-state index contributed by atoms with van der Waals surface area (Å²) in [5.41, 5.74) is 3.28. The highest BCUT2D eigenvalue weighted by Crippen LogP contribution is 2.43. The Balaban J connectivity index is 1.16. The highest BCUT2D eigenvalue weighted by atomic mass is 35.5. The molecule has 1 aliphatic carbocycles. The van der Waals surface area contributed by atoms with Crippen molar-refractivity contribution < 1.29 is 9.13 Å². The first kappa shape index (κ1) is 29.5. The number of ether oxygens (including phenoxy) is 1. The van der Waals surface area contributed by atoms with Crippen molar-refractivity contribution in [1.29, 1.82) is 5.26 Å². The first-order valence-corrected chi connectivity index (χ1v) is 16.3. The Morgan fingerprint density at radius 2 is 1.86 bits per heavy atom. The van der Waals surface area contributed by atoms with Crippen molar-refractivity contribution in [2.45, 2.75) is 43.8 Å². The van der Waals surface area contributed by atoms with Gasteiger partial charge in [-0.15, -0.1) is 0 Å². The number of aromatic nitrogens is 2. The van der Waals surface area contributed by atoms with E-state index < -0.39 is 0 Å². The Bertz CT molecular complexity index is 1530. The average molecular weight is 619 g/mol. The summed E-state index contributed by atoms with van der Waals surface area (Å²) in [6.07, 6.45) is 3.46. The Morgan fingerprint density at radius 1 is 1.05 bits per heavy atom. The molecule has 3 aliphatic heterocycles. The largest absolute Gasteiger partial charge is 0.461 e. The molecule has 1 N–H and O–H groups in total. The number of nitrogens with one attached hydrogen (secondary N) is 1. The first-order chi connectivity index (χ1) is 21.6. The molecule has 0 bridgehead atoms. The number of nitrogens with zero attached hydrogens (tertiary/aromatic N) is 7. The molecule has 2 aromatic carbocycles. The van der Waals surface area contributed by atoms with Crippen molar-refractivity contribution in [3.05, 3.63) is 52.7 Å². The zero-order chi connectivity index (χ0) is 30.1. The van der Waals surface area contributed by atoms with E-state index in [9.17, 15) is 9.65 Å². The molecule has 1 atom stereocenters. The summed E-state index contributed by atoms with van der Waals surface area (Å²) in [6.45, 7) is 8.26. The van der Waals surface area contributed by atoms with Gasteiger partial charge in [-0.2, -0.15) is 15.2 Å². The third-order valence-corrected chi connectivity index (χ3v) is 10.1. The van der Waals surface area contributed by atoms with E-state index in [1.165, 1.54) is 5.56 Å². The summed E-state index contributed by atoms with van der Waals surface area (Å²) in [6, 6.07) is 15.2. The fourth-order valence-electron chi connectivity index (χ4n) is 7.19. The number of halogens is 2. The van der Waals surface area contributed by atoms with Gasteiger partial charge in [0.2, 0.25) is 0 Å². The van der Waals surface area contributed by atoms with E-state index in [0.717, 1.165) is 105 Å². The number of alkyl halides is 1. The standard InChI is InChI=1S/C33H40ClFN8O/c34-27-5-1-3-24-4-2-6-29(30(24)27)41-14-8-26-28(22-41)38-32(39-31(26)42-16-13-37-25(21-42)7-12-36)44-23-33(9-10-33)43-19-17-40(15-11-35)18-20-43/h1-6,25,37H,7-11,13-23H2/t25-/m0/s1. The van der Waals surface area contributed by atoms with Crippen LogP contribution in [-0.2, 0) is 13.0 Å². The number of hydrogen-bond donors (Lipinski definition) is 1. The molecule has 1 saturated carbocycles. The lowest BCUT2D eigenvalue weighted by molar-refractivity contribution is 0.0540. The van der Waals surface area contributed by atoms with Crippen LogP contribution < -0.4 is 19.9 Å². The van der Waals surface area contributed by atoms with Crippen LogP contribution in [0.5, 0.6) is 6.01 Å². The molecule has 11 heteroatoms. The Hall–Kier alpha value is -3.23. The van der Waals surface area contributed by atoms with Gasteiger partial charge in [0.15, 0.2) is 0 Å². The maximum absolute atomic E-state index is 12.9. The fraction of sp³-hybridized carbons (Fsp3) is 0.545. The molecule has 1 aromatic heterocycles. The smallest absolute Gasteiger partial charge is 0.318 e. The number of piperazine rings is 2. The van der Waals surface area contributed by atoms with Gasteiger partial charge in [-0.3, -0.25) is 9.80 Å². The Kier molecular flexibility index (Phi) is 8.47. The van der Waals surface area contributed by atoms with E-state index in [0.29, 0.717) is 32.1 Å². The highest BCUT2D eigenvalue weighted by Gasteiger charge is 2.49. The van der Waals surface area contributed by atoms with E-state index in [2.05, 4.69) is 55.3 Å². The number of rotatable bonds is 9. The van der Waals surface area contributed by atoms with Crippen molar-refractivity contribution >= 4 is 33.9 Å². The molecular weight excluding hydrogens is 579 g/mol. The van der Waals surface area contributed by atoms with Gasteiger partial charge in [0.25, 0.3) is 0 Å². The second-order valence-corrected chi connectivity index (χ2v) is 12.9. The molecule has 232 valence electrons. The summed E-state index contributed by atoms with van der Waals surface area (Å²) in [5.74, 6) is 0.940. The SMILES string of the molecule is N#CC[C@H]1CN(c2nc(OCC3(N4CCN(CCF)CC4)CC3)nc3c2CCN(c2cccc4cccc(Cl)c24)C3)CCN1. The molecule has 44 heavy (non-hydrogen) atoms. The topological polar surface area (TPSA) is 83.8 Å². The van der Waals surface area contributed by atoms with Gasteiger partial charge in [-0.05, 0) is 36.8 Å². The minimum absolute atomic E-state index is 0.0138. The minimum Gasteiger partial charge on any atom is -0.461 e. The monoisotopic (exact) mass is 618 g/mol. The van der Waals surface area contributed by atoms with Gasteiger partial charge in [-0.25, -0.2) is 4.39 Å². The van der Waals surface area contributed by atoms with Crippen LogP contribution in [0, 0.1) is 11.3 Å². The van der Waals surface area contributed by atoms with Crippen LogP contribution in [0.15, 0.2) is 36.4 Å². The van der Waals surface area contributed by atoms with Gasteiger partial charge in [0.05, 0.1) is 35.3 Å². The third kappa shape index (κ3) is 5.91. The second kappa shape index (κ2) is 12.6. The van der Waals surface area contributed by atoms with E-state index in [1.54, 1.807) is 0 Å². The zero-order valence-electron chi connectivity index (χ0n) is 25.1. The molecule has 9 nitrogen and oxygen atoms in total. The number of anilines is 2. The molecular formula is C33H40ClFN8O. The van der Waals surface area contributed by atoms with Crippen LogP contribution in [0.1, 0.15) is 30.5 Å². The van der Waals surface area contributed by atoms with Gasteiger partial charge < -0.3 is 19.9 Å². The van der Waals surface area contributed by atoms with Crippen molar-refractivity contribution in [2.75, 3.05) is 82.0 Å². The molecule has 4 heterocycles. The van der Waals surface area contributed by atoms with Gasteiger partial charge in [0.1, 0.15) is 19.1 Å². The van der Waals surface area contributed by atoms with E-state index in [4.69, 9.17) is 26.3 Å². The molecule has 4 aliphatic rings. The van der Waals surface area contributed by atoms with Crippen LogP contribution in [0.2, 0.25) is 5.02 Å². The third-order valence-electron chi connectivity index (χ3n) is 9.83. The Morgan fingerprint density at radius 3 is 2.64 bits per heavy atom. The molecule has 0 radical (unpaired) electrons. The number of benzene rings is 2. The van der Waals surface area contributed by atoms with Crippen LogP contribution in [0.25, 0.3) is 10.8 Å². The maximum Gasteiger partial charge on any atom is 0.318 e. The fourth-order valence-corrected chi connectivity index (χ4v) is 7.46. The first-order valence-electron chi connectivity index (χ1n) is 15.9. The lowest BCUT2D eigenvalue weighted by Gasteiger charge is -2.39. The van der Waals surface area contributed by atoms with Crippen molar-refractivity contribution in [3.63, 3.8) is 0 Å². The van der Waals surface area contributed by atoms with Gasteiger partial charge >= 0.3 is 6.01 Å². The summed E-state index contributed by atoms with van der Waals surface area (Å²) in [7, 11) is 0. The summed E-state index contributed by atoms with van der Waals surface area (Å²) < 4.78 is 19.4. The summed E-state index contributed by atoms with van der Waals surface area (Å²) in [5, 5.41) is 15.8. The van der Waals surface area contributed by atoms with Crippen LogP contribution in [0.4, 0.5) is 15.9 Å². The highest BCUT2D eigenvalue weighted by molar-refractivity contribution is 6.36. The number of nitriles is 1. The molecule has 0 amide bonds. The number of fused-ring (bicyclic) bond motifs is 2. The lowest BCUT2D eigenvalue weighted by atomic mass is 10.0. The van der Waals surface area contributed by atoms with E-state index >= 15 is 0 Å². The summed E-state index contributed by atoms with van der Waals surface area (Å²) >= 11 is 6.72. The lowest BCUT2D eigenvalue weighted by Crippen LogP contribution is -2.53.